The Labute approximate surface area is 145 Å². The van der Waals surface area contributed by atoms with Crippen LogP contribution < -0.4 is 10.9 Å². The normalized spacial score (nSPS) is 16.7. The van der Waals surface area contributed by atoms with Gasteiger partial charge in [-0.2, -0.15) is 5.26 Å². The number of aromatic amines is 1. The summed E-state index contributed by atoms with van der Waals surface area (Å²) in [4.78, 5) is 51.7. The molecule has 1 amide bonds. The summed E-state index contributed by atoms with van der Waals surface area (Å²) >= 11 is 0. The molecule has 7 nitrogen and oxygen atoms in total. The summed E-state index contributed by atoms with van der Waals surface area (Å²) in [5.74, 6) is -3.46. The summed E-state index contributed by atoms with van der Waals surface area (Å²) in [6, 6.07) is 2.61. The van der Waals surface area contributed by atoms with E-state index in [4.69, 9.17) is 0 Å². The van der Waals surface area contributed by atoms with Crippen molar-refractivity contribution in [3.63, 3.8) is 0 Å². The summed E-state index contributed by atoms with van der Waals surface area (Å²) in [6.07, 6.45) is 0.808. The lowest BCUT2D eigenvalue weighted by molar-refractivity contribution is -0.122. The van der Waals surface area contributed by atoms with Gasteiger partial charge in [-0.25, -0.2) is 0 Å². The maximum Gasteiger partial charge on any atom is 0.259 e. The Kier molecular flexibility index (Phi) is 4.93. The largest absolute Gasteiger partial charge is 0.352 e. The Bertz CT molecular complexity index is 843. The lowest BCUT2D eigenvalue weighted by Crippen LogP contribution is -2.40. The van der Waals surface area contributed by atoms with Crippen molar-refractivity contribution in [1.29, 1.82) is 5.26 Å². The predicted molar refractivity (Wildman–Crippen MR) is 90.2 cm³/mol. The zero-order chi connectivity index (χ0) is 18.9. The van der Waals surface area contributed by atoms with Crippen LogP contribution in [-0.2, 0) is 11.2 Å². The van der Waals surface area contributed by atoms with E-state index in [-0.39, 0.29) is 28.4 Å². The van der Waals surface area contributed by atoms with Gasteiger partial charge in [0.15, 0.2) is 17.5 Å². The number of amides is 1. The molecule has 7 heteroatoms. The van der Waals surface area contributed by atoms with Gasteiger partial charge < -0.3 is 10.3 Å². The number of carbonyl (C=O) groups is 3. The van der Waals surface area contributed by atoms with Crippen molar-refractivity contribution >= 4 is 17.5 Å². The molecule has 132 valence electrons. The molecular formula is C18H21N3O4. The van der Waals surface area contributed by atoms with Crippen LogP contribution in [0.5, 0.6) is 0 Å². The lowest BCUT2D eigenvalue weighted by atomic mass is 9.75. The average Bonchev–Trinajstić information content (AvgIpc) is 2.44. The fourth-order valence-corrected chi connectivity index (χ4v) is 2.97. The van der Waals surface area contributed by atoms with Crippen LogP contribution in [0.4, 0.5) is 0 Å². The van der Waals surface area contributed by atoms with Crippen LogP contribution in [-0.4, -0.2) is 28.5 Å². The summed E-state index contributed by atoms with van der Waals surface area (Å²) in [5.41, 5.74) is -0.527. The van der Waals surface area contributed by atoms with E-state index in [1.54, 1.807) is 19.9 Å². The van der Waals surface area contributed by atoms with Crippen LogP contribution in [0.2, 0.25) is 0 Å². The van der Waals surface area contributed by atoms with Gasteiger partial charge in [0.05, 0.1) is 11.6 Å². The predicted octanol–water partition coefficient (Wildman–Crippen LogP) is 1.38. The van der Waals surface area contributed by atoms with Crippen LogP contribution in [0, 0.1) is 22.7 Å². The molecule has 0 bridgehead atoms. The Morgan fingerprint density at radius 3 is 2.48 bits per heavy atom. The lowest BCUT2D eigenvalue weighted by Gasteiger charge is -2.29. The van der Waals surface area contributed by atoms with Gasteiger partial charge in [-0.1, -0.05) is 13.8 Å². The monoisotopic (exact) mass is 343 g/mol. The fraction of sp³-hybridized carbons (Fsp3) is 0.500. The highest BCUT2D eigenvalue weighted by Gasteiger charge is 2.35. The van der Waals surface area contributed by atoms with E-state index in [1.807, 2.05) is 13.8 Å². The van der Waals surface area contributed by atoms with E-state index in [0.717, 1.165) is 0 Å². The Morgan fingerprint density at radius 1 is 1.28 bits per heavy atom. The van der Waals surface area contributed by atoms with E-state index in [2.05, 4.69) is 10.3 Å². The van der Waals surface area contributed by atoms with Crippen LogP contribution in [0.15, 0.2) is 10.9 Å². The van der Waals surface area contributed by atoms with Gasteiger partial charge in [-0.05, 0) is 31.7 Å². The third kappa shape index (κ3) is 3.85. The number of nitrogens with one attached hydrogen (secondary N) is 2. The molecule has 0 unspecified atom stereocenters. The van der Waals surface area contributed by atoms with Gasteiger partial charge in [0, 0.05) is 23.7 Å². The van der Waals surface area contributed by atoms with Crippen LogP contribution in [0.3, 0.4) is 0 Å². The summed E-state index contributed by atoms with van der Waals surface area (Å²) in [6.45, 7) is 7.24. The number of ketones is 2. The maximum absolute atomic E-state index is 12.5. The first-order valence-electron chi connectivity index (χ1n) is 8.09. The molecule has 2 N–H and O–H groups in total. The molecule has 0 saturated heterocycles. The molecular weight excluding hydrogens is 322 g/mol. The number of fused-ring (bicyclic) bond motifs is 1. The molecule has 1 aromatic rings. The summed E-state index contributed by atoms with van der Waals surface area (Å²) in [7, 11) is 0. The minimum atomic E-state index is -1.63. The molecule has 1 atom stereocenters. The molecule has 2 rings (SSSR count). The molecule has 0 radical (unpaired) electrons. The minimum Gasteiger partial charge on any atom is -0.352 e. The molecule has 0 aromatic carbocycles. The Morgan fingerprint density at radius 2 is 1.92 bits per heavy atom. The van der Waals surface area contributed by atoms with Gasteiger partial charge in [0.1, 0.15) is 0 Å². The van der Waals surface area contributed by atoms with Crippen molar-refractivity contribution in [2.45, 2.75) is 46.6 Å². The highest BCUT2D eigenvalue weighted by molar-refractivity contribution is 6.13. The van der Waals surface area contributed by atoms with Crippen molar-refractivity contribution in [2.75, 3.05) is 0 Å². The molecule has 0 fully saturated rings. The highest BCUT2D eigenvalue weighted by atomic mass is 16.2. The number of aromatic nitrogens is 1. The van der Waals surface area contributed by atoms with Crippen molar-refractivity contribution < 1.29 is 14.4 Å². The van der Waals surface area contributed by atoms with Gasteiger partial charge in [-0.15, -0.1) is 0 Å². The van der Waals surface area contributed by atoms with Gasteiger partial charge in [-0.3, -0.25) is 19.2 Å². The van der Waals surface area contributed by atoms with E-state index in [1.165, 1.54) is 6.07 Å². The molecule has 1 aliphatic rings. The van der Waals surface area contributed by atoms with E-state index in [0.29, 0.717) is 18.5 Å². The minimum absolute atomic E-state index is 0.170. The number of hydrogen-bond acceptors (Lipinski definition) is 5. The Hall–Kier alpha value is -2.75. The number of hydrogen-bond donors (Lipinski definition) is 2. The number of rotatable bonds is 4. The number of Topliss-reactive ketones (excluding diaryl/α,β-unsaturated/α-hetero) is 2. The fourth-order valence-electron chi connectivity index (χ4n) is 2.97. The number of nitriles is 1. The summed E-state index contributed by atoms with van der Waals surface area (Å²) in [5, 5.41) is 11.7. The van der Waals surface area contributed by atoms with Crippen molar-refractivity contribution in [2.24, 2.45) is 11.3 Å². The molecule has 0 spiro atoms. The third-order valence-electron chi connectivity index (χ3n) is 4.07. The van der Waals surface area contributed by atoms with Gasteiger partial charge >= 0.3 is 0 Å². The van der Waals surface area contributed by atoms with Crippen molar-refractivity contribution in [3.8, 4) is 6.07 Å². The smallest absolute Gasteiger partial charge is 0.259 e. The van der Waals surface area contributed by atoms with Gasteiger partial charge in [0.25, 0.3) is 5.56 Å². The van der Waals surface area contributed by atoms with E-state index in [9.17, 15) is 24.4 Å². The zero-order valence-electron chi connectivity index (χ0n) is 14.7. The average molecular weight is 343 g/mol. The van der Waals surface area contributed by atoms with E-state index >= 15 is 0 Å². The highest BCUT2D eigenvalue weighted by Crippen LogP contribution is 2.33. The molecule has 1 aliphatic carbocycles. The first kappa shape index (κ1) is 18.6. The Balaban J connectivity index is 2.44. The molecule has 1 heterocycles. The van der Waals surface area contributed by atoms with Crippen LogP contribution in [0.1, 0.15) is 60.5 Å². The first-order valence-corrected chi connectivity index (χ1v) is 8.09. The standard InChI is InChI=1S/C18H21N3O4/c1-9(2)20-17(25)12(8-19)15(23)11-5-10-13(21-16(11)24)6-18(3,4)7-14(10)22/h5,9,12H,6-7H2,1-4H3,(H,20,25)(H,21,24)/t12-/m0/s1. The quantitative estimate of drug-likeness (QED) is 0.632. The van der Waals surface area contributed by atoms with Gasteiger partial charge in [0.2, 0.25) is 5.91 Å². The molecule has 0 aliphatic heterocycles. The second-order valence-electron chi connectivity index (χ2n) is 7.43. The van der Waals surface area contributed by atoms with Crippen LogP contribution in [0.25, 0.3) is 0 Å². The van der Waals surface area contributed by atoms with Crippen LogP contribution >= 0.6 is 0 Å². The molecule has 1 aromatic heterocycles. The van der Waals surface area contributed by atoms with Crippen molar-refractivity contribution in [3.05, 3.63) is 33.2 Å². The van der Waals surface area contributed by atoms with Crippen molar-refractivity contribution in [1.82, 2.24) is 10.3 Å². The topological polar surface area (TPSA) is 120 Å². The number of H-pyrrole nitrogens is 1. The molecule has 25 heavy (non-hydrogen) atoms. The number of nitrogens with zero attached hydrogens (tertiary/aromatic N) is 1. The first-order chi connectivity index (χ1) is 11.6. The second kappa shape index (κ2) is 6.63. The number of pyridine rings is 1. The number of carbonyl (C=O) groups excluding carboxylic acids is 3. The molecule has 0 saturated carbocycles. The third-order valence-corrected chi connectivity index (χ3v) is 4.07. The SMILES string of the molecule is CC(C)NC(=O)[C@@H](C#N)C(=O)c1cc2c([nH]c1=O)CC(C)(C)CC2=O. The summed E-state index contributed by atoms with van der Waals surface area (Å²) < 4.78 is 0. The van der Waals surface area contributed by atoms with E-state index < -0.39 is 23.2 Å². The zero-order valence-corrected chi connectivity index (χ0v) is 14.7. The second-order valence-corrected chi connectivity index (χ2v) is 7.43. The maximum atomic E-state index is 12.5.